The maximum absolute atomic E-state index is 12.7. The number of aromatic nitrogens is 2. The minimum Gasteiger partial charge on any atom is -0.354 e. The molecule has 36 heavy (non-hydrogen) atoms. The summed E-state index contributed by atoms with van der Waals surface area (Å²) in [6, 6.07) is 11.3. The molecule has 186 valence electrons. The van der Waals surface area contributed by atoms with Gasteiger partial charge in [-0.3, -0.25) is 19.7 Å². The van der Waals surface area contributed by atoms with E-state index in [0.717, 1.165) is 75.5 Å². The van der Waals surface area contributed by atoms with Crippen LogP contribution >= 0.6 is 11.8 Å². The molecule has 4 aliphatic rings. The molecule has 0 aliphatic carbocycles. The van der Waals surface area contributed by atoms with Crippen molar-refractivity contribution < 1.29 is 14.4 Å². The molecule has 1 spiro atoms. The van der Waals surface area contributed by atoms with Crippen molar-refractivity contribution in [3.8, 4) is 0 Å². The second-order valence-corrected chi connectivity index (χ2v) is 11.0. The summed E-state index contributed by atoms with van der Waals surface area (Å²) in [5, 5.41) is 1.92. The molecular weight excluding hydrogens is 478 g/mol. The highest BCUT2D eigenvalue weighted by molar-refractivity contribution is 8.18. The lowest BCUT2D eigenvalue weighted by Gasteiger charge is -2.60. The van der Waals surface area contributed by atoms with Crippen LogP contribution in [0.25, 0.3) is 6.08 Å². The standard InChI is InChI=1S/C25H27N7O3S/c1-29-7-9-30(10-8-29)20-12-18(11-19-21(33)28-24(35)36-19)26-23(27-20)32-15-25(16-32)13-31(14-25)22(34)17-5-3-2-4-6-17/h2-6,11-12H,7-10,13-16H2,1H3,(H,28,33,35). The van der Waals surface area contributed by atoms with E-state index < -0.39 is 5.91 Å². The number of rotatable bonds is 4. The monoisotopic (exact) mass is 505 g/mol. The van der Waals surface area contributed by atoms with Gasteiger partial charge in [0.2, 0.25) is 5.95 Å². The van der Waals surface area contributed by atoms with Crippen LogP contribution in [0.1, 0.15) is 16.1 Å². The highest BCUT2D eigenvalue weighted by atomic mass is 32.2. The van der Waals surface area contributed by atoms with Crippen LogP contribution in [-0.2, 0) is 4.79 Å². The Balaban J connectivity index is 1.19. The van der Waals surface area contributed by atoms with Crippen molar-refractivity contribution in [1.82, 2.24) is 25.1 Å². The largest absolute Gasteiger partial charge is 0.354 e. The summed E-state index contributed by atoms with van der Waals surface area (Å²) in [5.74, 6) is 1.12. The summed E-state index contributed by atoms with van der Waals surface area (Å²) in [6.07, 6.45) is 1.66. The van der Waals surface area contributed by atoms with E-state index in [0.29, 0.717) is 16.5 Å². The summed E-state index contributed by atoms with van der Waals surface area (Å²) < 4.78 is 0. The van der Waals surface area contributed by atoms with Crippen LogP contribution in [0.3, 0.4) is 0 Å². The molecule has 4 fully saturated rings. The number of nitrogens with zero attached hydrogens (tertiary/aromatic N) is 6. The van der Waals surface area contributed by atoms with Gasteiger partial charge in [-0.15, -0.1) is 0 Å². The number of carbonyl (C=O) groups is 3. The second kappa shape index (κ2) is 8.90. The Labute approximate surface area is 213 Å². The van der Waals surface area contributed by atoms with Gasteiger partial charge in [0.15, 0.2) is 0 Å². The van der Waals surface area contributed by atoms with Crippen molar-refractivity contribution in [2.75, 3.05) is 69.2 Å². The van der Waals surface area contributed by atoms with Gasteiger partial charge >= 0.3 is 0 Å². The molecular formula is C25H27N7O3S. The smallest absolute Gasteiger partial charge is 0.290 e. The van der Waals surface area contributed by atoms with Gasteiger partial charge in [0.1, 0.15) is 5.82 Å². The van der Waals surface area contributed by atoms with E-state index in [1.165, 1.54) is 0 Å². The molecule has 0 saturated carbocycles. The number of imide groups is 1. The number of likely N-dealkylation sites (tertiary alicyclic amines) is 1. The van der Waals surface area contributed by atoms with Crippen molar-refractivity contribution in [2.45, 2.75) is 0 Å². The summed E-state index contributed by atoms with van der Waals surface area (Å²) in [7, 11) is 2.11. The predicted molar refractivity (Wildman–Crippen MR) is 138 cm³/mol. The molecule has 1 aromatic carbocycles. The van der Waals surface area contributed by atoms with Gasteiger partial charge in [0.25, 0.3) is 17.1 Å². The minimum atomic E-state index is -0.396. The van der Waals surface area contributed by atoms with Crippen molar-refractivity contribution in [2.24, 2.45) is 5.41 Å². The molecule has 11 heteroatoms. The number of hydrogen-bond donors (Lipinski definition) is 1. The van der Waals surface area contributed by atoms with Crippen LogP contribution in [0.5, 0.6) is 0 Å². The van der Waals surface area contributed by atoms with Crippen LogP contribution < -0.4 is 15.1 Å². The van der Waals surface area contributed by atoms with Gasteiger partial charge in [-0.05, 0) is 37.0 Å². The molecule has 5 heterocycles. The quantitative estimate of drug-likeness (QED) is 0.620. The third-order valence-corrected chi connectivity index (χ3v) is 7.98. The third kappa shape index (κ3) is 4.33. The fraction of sp³-hybridized carbons (Fsp3) is 0.400. The number of benzene rings is 1. The predicted octanol–water partition coefficient (Wildman–Crippen LogP) is 1.51. The Morgan fingerprint density at radius 3 is 2.39 bits per heavy atom. The Hall–Kier alpha value is -3.44. The Morgan fingerprint density at radius 2 is 1.72 bits per heavy atom. The minimum absolute atomic E-state index is 0.0730. The third-order valence-electron chi connectivity index (χ3n) is 7.16. The zero-order chi connectivity index (χ0) is 24.9. The molecule has 4 saturated heterocycles. The molecule has 10 nitrogen and oxygen atoms in total. The molecule has 0 atom stereocenters. The average molecular weight is 506 g/mol. The maximum Gasteiger partial charge on any atom is 0.290 e. The van der Waals surface area contributed by atoms with Crippen molar-refractivity contribution in [3.63, 3.8) is 0 Å². The number of carbonyl (C=O) groups excluding carboxylic acids is 3. The SMILES string of the molecule is CN1CCN(c2cc(C=C3SC(=O)NC3=O)nc(N3CC4(CN(C(=O)c5ccccc5)C4)C3)n2)CC1. The summed E-state index contributed by atoms with van der Waals surface area (Å²) in [6.45, 7) is 6.62. The first-order valence-corrected chi connectivity index (χ1v) is 12.9. The molecule has 0 radical (unpaired) electrons. The van der Waals surface area contributed by atoms with Crippen LogP contribution in [-0.4, -0.2) is 96.2 Å². The van der Waals surface area contributed by atoms with Gasteiger partial charge < -0.3 is 19.6 Å². The van der Waals surface area contributed by atoms with Crippen LogP contribution in [0, 0.1) is 5.41 Å². The molecule has 2 aromatic rings. The van der Waals surface area contributed by atoms with E-state index in [2.05, 4.69) is 27.1 Å². The van der Waals surface area contributed by atoms with Gasteiger partial charge in [0, 0.05) is 69.4 Å². The fourth-order valence-corrected chi connectivity index (χ4v) is 5.85. The number of thioether (sulfide) groups is 1. The highest BCUT2D eigenvalue weighted by Gasteiger charge is 2.54. The molecule has 6 rings (SSSR count). The lowest BCUT2D eigenvalue weighted by molar-refractivity contribution is -0.115. The summed E-state index contributed by atoms with van der Waals surface area (Å²) in [4.78, 5) is 54.9. The van der Waals surface area contributed by atoms with Crippen LogP contribution in [0.4, 0.5) is 16.6 Å². The van der Waals surface area contributed by atoms with E-state index in [-0.39, 0.29) is 16.6 Å². The summed E-state index contributed by atoms with van der Waals surface area (Å²) in [5.41, 5.74) is 1.40. The van der Waals surface area contributed by atoms with E-state index in [1.807, 2.05) is 41.3 Å². The van der Waals surface area contributed by atoms with Crippen molar-refractivity contribution in [3.05, 3.63) is 52.6 Å². The van der Waals surface area contributed by atoms with E-state index >= 15 is 0 Å². The van der Waals surface area contributed by atoms with Gasteiger partial charge in [-0.2, -0.15) is 4.98 Å². The molecule has 4 aliphatic heterocycles. The van der Waals surface area contributed by atoms with Crippen LogP contribution in [0.15, 0.2) is 41.3 Å². The number of hydrogen-bond acceptors (Lipinski definition) is 9. The van der Waals surface area contributed by atoms with E-state index in [9.17, 15) is 14.4 Å². The lowest BCUT2D eigenvalue weighted by atomic mass is 9.72. The number of piperazine rings is 1. The maximum atomic E-state index is 12.7. The Morgan fingerprint density at radius 1 is 1.00 bits per heavy atom. The molecule has 0 bridgehead atoms. The zero-order valence-corrected chi connectivity index (χ0v) is 20.8. The second-order valence-electron chi connectivity index (χ2n) is 9.98. The van der Waals surface area contributed by atoms with Crippen molar-refractivity contribution in [1.29, 1.82) is 0 Å². The molecule has 3 amide bonds. The van der Waals surface area contributed by atoms with E-state index in [1.54, 1.807) is 6.08 Å². The first-order valence-electron chi connectivity index (χ1n) is 12.0. The summed E-state index contributed by atoms with van der Waals surface area (Å²) >= 11 is 0.888. The number of amides is 3. The number of likely N-dealkylation sites (N-methyl/N-ethyl adjacent to an activating group) is 1. The Bertz CT molecular complexity index is 1250. The van der Waals surface area contributed by atoms with Crippen molar-refractivity contribution >= 4 is 46.7 Å². The highest BCUT2D eigenvalue weighted by Crippen LogP contribution is 2.42. The molecule has 1 aromatic heterocycles. The van der Waals surface area contributed by atoms with E-state index in [4.69, 9.17) is 9.97 Å². The molecule has 0 unspecified atom stereocenters. The fourth-order valence-electron chi connectivity index (χ4n) is 5.18. The first-order chi connectivity index (χ1) is 17.4. The number of anilines is 2. The van der Waals surface area contributed by atoms with Gasteiger partial charge in [-0.25, -0.2) is 4.98 Å². The normalized spacial score (nSPS) is 22.6. The first kappa shape index (κ1) is 23.0. The van der Waals surface area contributed by atoms with Gasteiger partial charge in [-0.1, -0.05) is 18.2 Å². The zero-order valence-electron chi connectivity index (χ0n) is 20.0. The average Bonchev–Trinajstić information content (AvgIpc) is 3.14. The number of nitrogens with one attached hydrogen (secondary N) is 1. The van der Waals surface area contributed by atoms with Gasteiger partial charge in [0.05, 0.1) is 10.6 Å². The van der Waals surface area contributed by atoms with Crippen LogP contribution in [0.2, 0.25) is 0 Å². The topological polar surface area (TPSA) is 102 Å². The Kier molecular flexibility index (Phi) is 5.68. The lowest BCUT2D eigenvalue weighted by Crippen LogP contribution is -2.73. The molecule has 1 N–H and O–H groups in total.